The minimum absolute atomic E-state index is 0.108. The molecule has 0 radical (unpaired) electrons. The Morgan fingerprint density at radius 1 is 0.807 bits per heavy atom. The van der Waals surface area contributed by atoms with Gasteiger partial charge in [0.25, 0.3) is 5.91 Å². The second-order valence-electron chi connectivity index (χ2n) is 15.3. The predicted octanol–water partition coefficient (Wildman–Crippen LogP) is 6.65. The number of benzene rings is 3. The summed E-state index contributed by atoms with van der Waals surface area (Å²) >= 11 is 0. The number of rotatable bonds is 9. The van der Waals surface area contributed by atoms with Crippen LogP contribution < -0.4 is 15.5 Å². The lowest BCUT2D eigenvalue weighted by Gasteiger charge is -2.38. The first-order valence-electron chi connectivity index (χ1n) is 19.3. The summed E-state index contributed by atoms with van der Waals surface area (Å²) < 4.78 is 9.58. The van der Waals surface area contributed by atoms with E-state index >= 15 is 0 Å². The van der Waals surface area contributed by atoms with E-state index in [1.165, 1.54) is 14.2 Å². The number of alkyl carbamates (subject to hydrolysis) is 2. The number of amides is 4. The number of hydrogen-bond donors (Lipinski definition) is 4. The lowest BCUT2D eigenvalue weighted by Crippen LogP contribution is -2.54. The van der Waals surface area contributed by atoms with Gasteiger partial charge in [0, 0.05) is 18.9 Å². The number of hydrogen-bond acceptors (Lipinski definition) is 8. The van der Waals surface area contributed by atoms with Crippen LogP contribution in [0.1, 0.15) is 74.4 Å². The van der Waals surface area contributed by atoms with Crippen LogP contribution in [0.3, 0.4) is 0 Å². The average molecular weight is 771 g/mol. The van der Waals surface area contributed by atoms with Crippen molar-refractivity contribution in [2.45, 2.75) is 70.1 Å². The second kappa shape index (κ2) is 15.2. The average Bonchev–Trinajstić information content (AvgIpc) is 4.06. The lowest BCUT2D eigenvalue weighted by molar-refractivity contribution is -0.135. The van der Waals surface area contributed by atoms with Gasteiger partial charge >= 0.3 is 12.2 Å². The molecule has 3 aromatic carbocycles. The minimum atomic E-state index is -0.754. The molecule has 0 aliphatic carbocycles. The molecule has 57 heavy (non-hydrogen) atoms. The molecule has 0 bridgehead atoms. The molecular weight excluding hydrogens is 725 g/mol. The Morgan fingerprint density at radius 2 is 1.39 bits per heavy atom. The predicted molar refractivity (Wildman–Crippen MR) is 213 cm³/mol. The normalized spacial score (nSPS) is 20.4. The van der Waals surface area contributed by atoms with Crippen molar-refractivity contribution < 1.29 is 28.7 Å². The number of imidazole rings is 2. The zero-order valence-corrected chi connectivity index (χ0v) is 32.5. The van der Waals surface area contributed by atoms with Crippen LogP contribution in [-0.4, -0.2) is 81.7 Å². The Kier molecular flexibility index (Phi) is 10.0. The van der Waals surface area contributed by atoms with Crippen molar-refractivity contribution in [3.05, 3.63) is 102 Å². The zero-order chi connectivity index (χ0) is 40.0. The van der Waals surface area contributed by atoms with E-state index in [4.69, 9.17) is 14.5 Å². The van der Waals surface area contributed by atoms with Crippen molar-refractivity contribution in [2.75, 3.05) is 25.7 Å². The summed E-state index contributed by atoms with van der Waals surface area (Å²) in [6.07, 6.45) is 4.56. The Balaban J connectivity index is 0.951. The van der Waals surface area contributed by atoms with E-state index in [1.807, 2.05) is 63.2 Å². The van der Waals surface area contributed by atoms with Gasteiger partial charge in [-0.1, -0.05) is 87.5 Å². The molecule has 14 heteroatoms. The largest absolute Gasteiger partial charge is 0.453 e. The molecule has 294 valence electrons. The molecule has 1 fully saturated rings. The van der Waals surface area contributed by atoms with Crippen LogP contribution in [0.25, 0.3) is 33.6 Å². The van der Waals surface area contributed by atoms with Crippen LogP contribution in [0, 0.1) is 5.92 Å². The molecule has 1 unspecified atom stereocenters. The van der Waals surface area contributed by atoms with Gasteiger partial charge < -0.3 is 35.0 Å². The van der Waals surface area contributed by atoms with E-state index in [2.05, 4.69) is 49.9 Å². The molecule has 0 spiro atoms. The quantitative estimate of drug-likeness (QED) is 0.129. The maximum absolute atomic E-state index is 13.9. The fourth-order valence-electron chi connectivity index (χ4n) is 8.47. The minimum Gasteiger partial charge on any atom is -0.453 e. The van der Waals surface area contributed by atoms with Crippen LogP contribution in [0.2, 0.25) is 0 Å². The Labute approximate surface area is 330 Å². The number of H-pyrrole nitrogens is 2. The molecule has 5 aromatic rings. The molecule has 1 saturated heterocycles. The molecule has 2 aromatic heterocycles. The number of ether oxygens (including phenoxy) is 2. The summed E-state index contributed by atoms with van der Waals surface area (Å²) in [4.78, 5) is 71.5. The number of anilines is 1. The first-order valence-corrected chi connectivity index (χ1v) is 19.3. The van der Waals surface area contributed by atoms with E-state index in [-0.39, 0.29) is 35.7 Å². The first kappa shape index (κ1) is 37.5. The molecule has 5 heterocycles. The molecule has 8 rings (SSSR count). The summed E-state index contributed by atoms with van der Waals surface area (Å²) in [6.45, 7) is 6.34. The third-order valence-corrected chi connectivity index (χ3v) is 11.5. The maximum atomic E-state index is 13.9. The van der Waals surface area contributed by atoms with Gasteiger partial charge in [0.15, 0.2) is 0 Å². The van der Waals surface area contributed by atoms with Crippen molar-refractivity contribution in [3.8, 4) is 33.6 Å². The molecule has 3 aliphatic heterocycles. The lowest BCUT2D eigenvalue weighted by atomic mass is 9.86. The first-order chi connectivity index (χ1) is 27.6. The highest BCUT2D eigenvalue weighted by Gasteiger charge is 2.47. The summed E-state index contributed by atoms with van der Waals surface area (Å²) in [5.74, 6) is 0.748. The van der Waals surface area contributed by atoms with Crippen LogP contribution in [0.5, 0.6) is 0 Å². The van der Waals surface area contributed by atoms with Crippen molar-refractivity contribution in [2.24, 2.45) is 5.92 Å². The Hall–Kier alpha value is -6.44. The van der Waals surface area contributed by atoms with Gasteiger partial charge in [-0.15, -0.1) is 0 Å². The number of nitrogens with one attached hydrogen (secondary N) is 4. The number of carbonyl (C=O) groups is 4. The Bertz CT molecular complexity index is 2320. The molecule has 3 aliphatic rings. The van der Waals surface area contributed by atoms with Crippen molar-refractivity contribution >= 4 is 29.7 Å². The summed E-state index contributed by atoms with van der Waals surface area (Å²) in [6, 6.07) is 20.5. The number of carbonyl (C=O) groups excluding carboxylic acids is 4. The monoisotopic (exact) mass is 770 g/mol. The van der Waals surface area contributed by atoms with Gasteiger partial charge in [0.05, 0.1) is 55.8 Å². The SMILES string of the molecule is COC(=O)N[C@H](C(=O)N1CCC[C@H]1c1ncc(-c2ccc(-c3ccc(-c4cnc([C@@H]5Cc6cccc7c6N5C(=O)[C@@H](NC(=O)OC)C7C)[nH]4)cc3)cc2)[nH]1)C(C)C. The molecule has 14 nitrogen and oxygen atoms in total. The number of aromatic nitrogens is 4. The standard InChI is InChI=1S/C43H46N8O6/c1-23(2)35(48-42(54)56-4)40(52)50-19-7-10-33(50)38-44-21-31(46-38)27-15-11-25(12-16-27)26-13-17-28(18-14-26)32-22-45-39(47-32)34-20-29-8-6-9-30-24(3)36(49-43(55)57-5)41(53)51(34)37(29)30/h6,8-9,11-18,21-24,33-36H,7,10,19-20H2,1-5H3,(H,44,46)(H,45,47)(H,48,54)(H,49,55)/t24?,33-,34-,35-,36-/m0/s1. The van der Waals surface area contributed by atoms with Crippen molar-refractivity contribution in [3.63, 3.8) is 0 Å². The van der Waals surface area contributed by atoms with E-state index < -0.39 is 24.3 Å². The molecule has 4 N–H and O–H groups in total. The summed E-state index contributed by atoms with van der Waals surface area (Å²) in [5.41, 5.74) is 8.71. The highest BCUT2D eigenvalue weighted by atomic mass is 16.5. The highest BCUT2D eigenvalue weighted by molar-refractivity contribution is 6.05. The summed E-state index contributed by atoms with van der Waals surface area (Å²) in [5, 5.41) is 5.44. The number of para-hydroxylation sites is 1. The van der Waals surface area contributed by atoms with Crippen molar-refractivity contribution in [1.29, 1.82) is 0 Å². The van der Waals surface area contributed by atoms with Crippen LogP contribution >= 0.6 is 0 Å². The van der Waals surface area contributed by atoms with E-state index in [0.717, 1.165) is 69.1 Å². The molecule has 5 atom stereocenters. The molecule has 0 saturated carbocycles. The maximum Gasteiger partial charge on any atom is 0.407 e. The van der Waals surface area contributed by atoms with Gasteiger partial charge in [-0.25, -0.2) is 19.6 Å². The number of nitrogens with zero attached hydrogens (tertiary/aromatic N) is 4. The topological polar surface area (TPSA) is 175 Å². The van der Waals surface area contributed by atoms with Gasteiger partial charge in [0.1, 0.15) is 23.7 Å². The number of likely N-dealkylation sites (tertiary alicyclic amines) is 1. The summed E-state index contributed by atoms with van der Waals surface area (Å²) in [7, 11) is 2.58. The second-order valence-corrected chi connectivity index (χ2v) is 15.3. The van der Waals surface area contributed by atoms with Crippen LogP contribution in [-0.2, 0) is 25.5 Å². The van der Waals surface area contributed by atoms with Gasteiger partial charge in [-0.05, 0) is 52.1 Å². The zero-order valence-electron chi connectivity index (χ0n) is 32.5. The number of methoxy groups -OCH3 is 2. The molecule has 4 amide bonds. The van der Waals surface area contributed by atoms with Crippen LogP contribution in [0.15, 0.2) is 79.1 Å². The smallest absolute Gasteiger partial charge is 0.407 e. The van der Waals surface area contributed by atoms with Gasteiger partial charge in [0.2, 0.25) is 5.91 Å². The van der Waals surface area contributed by atoms with Gasteiger partial charge in [-0.2, -0.15) is 0 Å². The molecular formula is C43H46N8O6. The third-order valence-electron chi connectivity index (χ3n) is 11.5. The number of aromatic amines is 2. The van der Waals surface area contributed by atoms with E-state index in [1.54, 1.807) is 22.2 Å². The highest BCUT2D eigenvalue weighted by Crippen LogP contribution is 2.48. The Morgan fingerprint density at radius 3 is 1.96 bits per heavy atom. The third kappa shape index (κ3) is 6.89. The fourth-order valence-corrected chi connectivity index (χ4v) is 8.47. The fraction of sp³-hybridized carbons (Fsp3) is 0.349. The van der Waals surface area contributed by atoms with E-state index in [9.17, 15) is 19.2 Å². The van der Waals surface area contributed by atoms with Gasteiger partial charge in [-0.3, -0.25) is 14.5 Å². The van der Waals surface area contributed by atoms with E-state index in [0.29, 0.717) is 18.8 Å². The van der Waals surface area contributed by atoms with Crippen LogP contribution in [0.4, 0.5) is 15.3 Å². The van der Waals surface area contributed by atoms with Crippen molar-refractivity contribution in [1.82, 2.24) is 35.5 Å².